The number of unbranched alkanes of at least 4 members (excludes halogenated alkanes) is 6. The molecule has 2 amide bonds. The standard InChI is InChI=1S/C18H32N2O.C18H34N2O.C18H33NO.C18H31NO.C18H35N.C17H30N2O.C15H27N/c1-9-10-11-13-12-20(8)16(21)14(17(2,3)4)15(19-13)18(5,6)7;1-9-10-11-13-12-19-16(21)14(17(2,3)4)15(20(13)8)18(5,6)7;2*1-9-10-11-13-12-14(20)15(17(2,3)4)16(19(13)8)18(5,6)7;1-9-10-11-14-12-13-15(17(2,3)4)16(19(14)8)18(5,6)7;1-9-10-11-12-18-14(17(5,6)7)13(16(2,3)4)15(20)19(12)8;1-11-9-10-12(14(2,3)4)13(16(11)8)15(5,6)7/h9-12H2,1-8H3;13H,9-12H2,1-8H3,(H,19,21);13H,9-12H2,1-8H3;12H,9-11H2,1-8H3;14H,9-13H2,1-8H3;9-11H2,1-8H3;9H,10H2,1-8H3. The monoisotopic (exact) mass is 1910 g/mol. The normalized spacial score (nSPS) is 18.2. The molecule has 0 saturated heterocycles. The summed E-state index contributed by atoms with van der Waals surface area (Å²) in [6, 6.07) is 3.37. The predicted molar refractivity (Wildman–Crippen MR) is 599 cm³/mol. The Labute approximate surface area is 847 Å². The van der Waals surface area contributed by atoms with Crippen LogP contribution in [0.1, 0.15) is 502 Å². The lowest BCUT2D eigenvalue weighted by Gasteiger charge is -2.46. The van der Waals surface area contributed by atoms with Crippen LogP contribution >= 0.6 is 0 Å². The molecule has 15 nitrogen and oxygen atoms in total. The van der Waals surface area contributed by atoms with Crippen LogP contribution in [0, 0.1) is 54.1 Å². The number of allylic oxidation sites excluding steroid dienone is 10. The fourth-order valence-electron chi connectivity index (χ4n) is 20.6. The maximum atomic E-state index is 12.9. The van der Waals surface area contributed by atoms with Gasteiger partial charge in [0, 0.05) is 204 Å². The number of nitrogens with one attached hydrogen (secondary N) is 1. The molecule has 3 unspecified atom stereocenters. The molecular formula is C122H222N10O5. The van der Waals surface area contributed by atoms with Crippen LogP contribution in [0.15, 0.2) is 88.8 Å². The summed E-state index contributed by atoms with van der Waals surface area (Å²) in [6.45, 7) is 109. The molecule has 137 heavy (non-hydrogen) atoms. The van der Waals surface area contributed by atoms with Crippen LogP contribution in [-0.2, 0) is 63.0 Å². The molecule has 0 saturated carbocycles. The van der Waals surface area contributed by atoms with Crippen molar-refractivity contribution in [2.75, 3.05) is 48.3 Å². The van der Waals surface area contributed by atoms with E-state index < -0.39 is 0 Å². The second-order valence-electron chi connectivity index (χ2n) is 55.6. The van der Waals surface area contributed by atoms with Crippen LogP contribution in [-0.4, -0.2) is 128 Å². The summed E-state index contributed by atoms with van der Waals surface area (Å²) in [4.78, 5) is 85.1. The van der Waals surface area contributed by atoms with Crippen molar-refractivity contribution < 1.29 is 14.4 Å². The van der Waals surface area contributed by atoms with Gasteiger partial charge in [0.1, 0.15) is 5.82 Å². The Morgan fingerprint density at radius 2 is 0.788 bits per heavy atom. The first kappa shape index (κ1) is 129. The van der Waals surface area contributed by atoms with Gasteiger partial charge in [-0.25, -0.2) is 4.98 Å². The molecule has 5 aliphatic heterocycles. The number of aromatic nitrogens is 3. The third-order valence-electron chi connectivity index (χ3n) is 27.3. The van der Waals surface area contributed by atoms with Crippen LogP contribution in [0.3, 0.4) is 0 Å². The summed E-state index contributed by atoms with van der Waals surface area (Å²) in [7, 11) is 14.7. The number of hydrogen-bond acceptors (Lipinski definition) is 11. The number of Topliss-reactive ketones (excluding diaryl/α,β-unsaturated/α-hetero) is 1. The molecule has 0 fully saturated rings. The van der Waals surface area contributed by atoms with Crippen LogP contribution in [0.2, 0.25) is 0 Å². The van der Waals surface area contributed by atoms with E-state index >= 15 is 0 Å². The lowest BCUT2D eigenvalue weighted by molar-refractivity contribution is -0.126. The molecule has 0 aromatic carbocycles. The highest BCUT2D eigenvalue weighted by atomic mass is 16.2. The summed E-state index contributed by atoms with van der Waals surface area (Å²) in [5.41, 5.74) is 20.6. The van der Waals surface area contributed by atoms with Crippen molar-refractivity contribution in [3.8, 4) is 0 Å². The van der Waals surface area contributed by atoms with Crippen LogP contribution in [0.5, 0.6) is 0 Å². The quantitative estimate of drug-likeness (QED) is 0.153. The second-order valence-corrected chi connectivity index (χ2v) is 55.6. The Hall–Kier alpha value is -6.25. The number of pyridine rings is 1. The molecule has 2 aromatic heterocycles. The van der Waals surface area contributed by atoms with Crippen molar-refractivity contribution in [2.24, 2.45) is 73.2 Å². The predicted octanol–water partition coefficient (Wildman–Crippen LogP) is 31.4. The Morgan fingerprint density at radius 3 is 1.18 bits per heavy atom. The molecule has 0 bridgehead atoms. The van der Waals surface area contributed by atoms with E-state index in [4.69, 9.17) is 9.98 Å². The average Bonchev–Trinajstić information content (AvgIpc) is 1.65. The number of amides is 2. The van der Waals surface area contributed by atoms with E-state index in [1.807, 2.05) is 25.1 Å². The molecule has 0 spiro atoms. The van der Waals surface area contributed by atoms with Gasteiger partial charge in [0.25, 0.3) is 11.5 Å². The Kier molecular flexibility index (Phi) is 47.8. The first-order valence-electron chi connectivity index (χ1n) is 53.9. The van der Waals surface area contributed by atoms with Gasteiger partial charge in [-0.1, -0.05) is 396 Å². The van der Waals surface area contributed by atoms with E-state index in [2.05, 4.69) is 410 Å². The van der Waals surface area contributed by atoms with Gasteiger partial charge >= 0.3 is 0 Å². The third kappa shape index (κ3) is 37.8. The molecule has 2 aromatic rings. The van der Waals surface area contributed by atoms with Gasteiger partial charge in [-0.15, -0.1) is 0 Å². The summed E-state index contributed by atoms with van der Waals surface area (Å²) in [5, 5.41) is 3.15. The lowest BCUT2D eigenvalue weighted by atomic mass is 9.72. The minimum atomic E-state index is -0.197. The van der Waals surface area contributed by atoms with E-state index in [0.717, 1.165) is 146 Å². The van der Waals surface area contributed by atoms with Gasteiger partial charge in [-0.05, 0) is 127 Å². The van der Waals surface area contributed by atoms with Crippen molar-refractivity contribution in [1.29, 1.82) is 0 Å². The van der Waals surface area contributed by atoms with Gasteiger partial charge in [0.15, 0.2) is 11.2 Å². The van der Waals surface area contributed by atoms with Crippen molar-refractivity contribution in [1.82, 2.24) is 43.9 Å². The third-order valence-corrected chi connectivity index (χ3v) is 27.3. The summed E-state index contributed by atoms with van der Waals surface area (Å²) in [6.07, 6.45) is 27.4. The maximum absolute atomic E-state index is 12.9. The Balaban J connectivity index is 0.000000800. The molecule has 15 heteroatoms. The molecule has 1 N–H and O–H groups in total. The van der Waals surface area contributed by atoms with Crippen LogP contribution in [0.4, 0.5) is 0 Å². The summed E-state index contributed by atoms with van der Waals surface area (Å²) in [5.74, 6) is 1.51. The van der Waals surface area contributed by atoms with Gasteiger partial charge < -0.3 is 34.4 Å². The topological polar surface area (TPSA) is 149 Å². The van der Waals surface area contributed by atoms with Crippen molar-refractivity contribution in [3.63, 3.8) is 0 Å². The van der Waals surface area contributed by atoms with E-state index in [0.29, 0.717) is 36.2 Å². The highest BCUT2D eigenvalue weighted by Crippen LogP contribution is 2.49. The first-order valence-corrected chi connectivity index (χ1v) is 53.9. The zero-order valence-electron chi connectivity index (χ0n) is 101. The fraction of sp³-hybridized carbons (Fsp3) is 0.795. The number of carbonyl (C=O) groups is 3. The molecule has 0 aliphatic carbocycles. The number of nitrogens with zero attached hydrogens (tertiary/aromatic N) is 9. The zero-order valence-corrected chi connectivity index (χ0v) is 101. The van der Waals surface area contributed by atoms with E-state index in [9.17, 15) is 24.0 Å². The van der Waals surface area contributed by atoms with E-state index in [1.54, 1.807) is 21.4 Å². The second kappa shape index (κ2) is 50.8. The zero-order chi connectivity index (χ0) is 108. The molecular weight excluding hydrogens is 1690 g/mol. The number of likely N-dealkylation sites (N-methyl/N-ethyl adjacent to an activating group) is 2. The molecule has 3 atom stereocenters. The Morgan fingerprint density at radius 1 is 0.387 bits per heavy atom. The first-order chi connectivity index (χ1) is 61.6. The molecule has 7 rings (SSSR count). The maximum Gasteiger partial charge on any atom is 0.257 e. The number of hydrogen-bond donors (Lipinski definition) is 1. The molecule has 0 radical (unpaired) electrons. The minimum absolute atomic E-state index is 0.0118. The van der Waals surface area contributed by atoms with Crippen LogP contribution < -0.4 is 16.3 Å². The molecule has 5 aliphatic rings. The summed E-state index contributed by atoms with van der Waals surface area (Å²) >= 11 is 0. The largest absolute Gasteiger partial charge is 0.374 e. The van der Waals surface area contributed by atoms with Crippen LogP contribution in [0.25, 0.3) is 0 Å². The highest BCUT2D eigenvalue weighted by molar-refractivity contribution is 6.01. The van der Waals surface area contributed by atoms with E-state index in [-0.39, 0.29) is 93.2 Å². The number of aliphatic imine (C=N–C) groups is 1. The van der Waals surface area contributed by atoms with Crippen molar-refractivity contribution >= 4 is 23.3 Å². The molecule has 7 heterocycles. The van der Waals surface area contributed by atoms with Crippen molar-refractivity contribution in [3.05, 3.63) is 129 Å². The van der Waals surface area contributed by atoms with Gasteiger partial charge in [-0.3, -0.25) is 33.5 Å². The number of carbonyl (C=O) groups excluding carboxylic acids is 3. The fourth-order valence-corrected chi connectivity index (χ4v) is 20.6. The minimum Gasteiger partial charge on any atom is -0.374 e. The highest BCUT2D eigenvalue weighted by Gasteiger charge is 2.45. The lowest BCUT2D eigenvalue weighted by Crippen LogP contribution is -2.45. The SMILES string of the molecule is CC1=CCC(C(C)(C)C)=C(C(C)(C)C)N1C.CCCCC1=NC(C(C)(C)C)=C(C(C)(C)C)C(=O)N(C)C1.CCCCC1CC(=O)C(C(C)(C)C)=C(C(C)(C)C)N1C.CCCCC1CCC(C(C)(C)C)=C(C(C)(C)C)N1C.CCCCC1CNC(=O)C(C(C)(C)C)=C(C(C)(C)C)N1C.CCCCc1cc(=O)c(C(C)(C)C)c(C(C)(C)C)n1C.CCCCc1nc(C(C)(C)C)c(C(C)(C)C)c(=O)n1C. The van der Waals surface area contributed by atoms with Crippen molar-refractivity contribution in [2.45, 2.75) is 520 Å². The van der Waals surface area contributed by atoms with Gasteiger partial charge in [-0.2, -0.15) is 0 Å². The molecule has 790 valence electrons. The van der Waals surface area contributed by atoms with Gasteiger partial charge in [0.2, 0.25) is 5.91 Å². The van der Waals surface area contributed by atoms with E-state index in [1.165, 1.54) is 86.3 Å². The summed E-state index contributed by atoms with van der Waals surface area (Å²) < 4.78 is 4.00. The average molecular weight is 1910 g/mol. The number of ketones is 1. The Bertz CT molecular complexity index is 4580. The number of aryl methyl sites for hydroxylation is 2. The number of rotatable bonds is 18. The van der Waals surface area contributed by atoms with Gasteiger partial charge in [0.05, 0.1) is 17.9 Å². The smallest absolute Gasteiger partial charge is 0.257 e.